The van der Waals surface area contributed by atoms with E-state index in [0.717, 1.165) is 0 Å². The topological polar surface area (TPSA) is 72.8 Å². The quantitative estimate of drug-likeness (QED) is 0.692. The smallest absolute Gasteiger partial charge is 0.347 e. The highest BCUT2D eigenvalue weighted by Crippen LogP contribution is 2.11. The minimum atomic E-state index is -1.60. The molecule has 0 aliphatic rings. The molecule has 16 heavy (non-hydrogen) atoms. The van der Waals surface area contributed by atoms with Crippen LogP contribution in [0.3, 0.4) is 0 Å². The largest absolute Gasteiger partial charge is 0.463 e. The molecular weight excluding hydrogens is 212 g/mol. The number of hydrogen-bond acceptors (Lipinski definition) is 5. The summed E-state index contributed by atoms with van der Waals surface area (Å²) in [5, 5.41) is 9.39. The van der Waals surface area contributed by atoms with Crippen molar-refractivity contribution in [1.82, 2.24) is 0 Å². The Morgan fingerprint density at radius 3 is 2.25 bits per heavy atom. The second-order valence-corrected chi connectivity index (χ2v) is 3.99. The van der Waals surface area contributed by atoms with Crippen LogP contribution < -0.4 is 0 Å². The van der Waals surface area contributed by atoms with Gasteiger partial charge in [-0.3, -0.25) is 0 Å². The fourth-order valence-electron chi connectivity index (χ4n) is 0.996. The van der Waals surface area contributed by atoms with Crippen molar-refractivity contribution in [3.05, 3.63) is 0 Å². The van der Waals surface area contributed by atoms with E-state index in [1.165, 1.54) is 13.8 Å². The van der Waals surface area contributed by atoms with E-state index in [0.29, 0.717) is 12.8 Å². The van der Waals surface area contributed by atoms with E-state index >= 15 is 0 Å². The van der Waals surface area contributed by atoms with Gasteiger partial charge in [0.15, 0.2) is 11.7 Å². The number of hydrogen-bond donors (Lipinski definition) is 1. The number of rotatable bonds is 6. The van der Waals surface area contributed by atoms with E-state index in [1.54, 1.807) is 6.92 Å². The molecule has 1 atom stereocenters. The van der Waals surface area contributed by atoms with Crippen molar-refractivity contribution in [2.75, 3.05) is 6.61 Å². The second kappa shape index (κ2) is 6.48. The maximum Gasteiger partial charge on any atom is 0.347 e. The highest BCUT2D eigenvalue weighted by Gasteiger charge is 2.31. The summed E-state index contributed by atoms with van der Waals surface area (Å²) in [6, 6.07) is 0. The SMILES string of the molecule is CCCC(OC(=O)C(C)(C)O)C(=O)OCC. The molecule has 0 saturated heterocycles. The van der Waals surface area contributed by atoms with E-state index in [2.05, 4.69) is 0 Å². The van der Waals surface area contributed by atoms with Gasteiger partial charge in [0.2, 0.25) is 0 Å². The van der Waals surface area contributed by atoms with Gasteiger partial charge >= 0.3 is 11.9 Å². The molecular formula is C11H20O5. The van der Waals surface area contributed by atoms with Crippen LogP contribution in [0.2, 0.25) is 0 Å². The van der Waals surface area contributed by atoms with E-state index in [-0.39, 0.29) is 6.61 Å². The Morgan fingerprint density at radius 1 is 1.31 bits per heavy atom. The van der Waals surface area contributed by atoms with E-state index in [1.807, 2.05) is 6.92 Å². The number of esters is 2. The molecule has 1 unspecified atom stereocenters. The van der Waals surface area contributed by atoms with Gasteiger partial charge in [0, 0.05) is 0 Å². The molecule has 0 rings (SSSR count). The molecule has 0 heterocycles. The fraction of sp³-hybridized carbons (Fsp3) is 0.818. The Morgan fingerprint density at radius 2 is 1.88 bits per heavy atom. The first-order chi connectivity index (χ1) is 7.32. The molecule has 0 aromatic heterocycles. The lowest BCUT2D eigenvalue weighted by atomic mass is 10.1. The zero-order valence-electron chi connectivity index (χ0n) is 10.3. The standard InChI is InChI=1S/C11H20O5/c1-5-7-8(9(12)15-6-2)16-10(13)11(3,4)14/h8,14H,5-7H2,1-4H3. The van der Waals surface area contributed by atoms with Crippen LogP contribution in [0.1, 0.15) is 40.5 Å². The molecule has 0 spiro atoms. The zero-order valence-corrected chi connectivity index (χ0v) is 10.3. The normalized spacial score (nSPS) is 13.1. The van der Waals surface area contributed by atoms with Gasteiger partial charge in [0.1, 0.15) is 0 Å². The Hall–Kier alpha value is -1.10. The van der Waals surface area contributed by atoms with Crippen LogP contribution >= 0.6 is 0 Å². The van der Waals surface area contributed by atoms with Gasteiger partial charge in [-0.25, -0.2) is 9.59 Å². The van der Waals surface area contributed by atoms with Crippen molar-refractivity contribution in [2.24, 2.45) is 0 Å². The summed E-state index contributed by atoms with van der Waals surface area (Å²) in [5.41, 5.74) is -1.60. The van der Waals surface area contributed by atoms with Crippen molar-refractivity contribution in [3.8, 4) is 0 Å². The highest BCUT2D eigenvalue weighted by atomic mass is 16.6. The molecule has 0 amide bonds. The lowest BCUT2D eigenvalue weighted by molar-refractivity contribution is -0.178. The molecule has 0 aromatic carbocycles. The van der Waals surface area contributed by atoms with E-state index in [9.17, 15) is 14.7 Å². The van der Waals surface area contributed by atoms with Gasteiger partial charge in [-0.15, -0.1) is 0 Å². The van der Waals surface area contributed by atoms with Crippen LogP contribution in [0.5, 0.6) is 0 Å². The van der Waals surface area contributed by atoms with Crippen molar-refractivity contribution in [2.45, 2.75) is 52.2 Å². The molecule has 0 aliphatic heterocycles. The van der Waals surface area contributed by atoms with Gasteiger partial charge in [-0.1, -0.05) is 13.3 Å². The summed E-state index contributed by atoms with van der Waals surface area (Å²) in [6.07, 6.45) is 0.146. The number of ether oxygens (including phenoxy) is 2. The van der Waals surface area contributed by atoms with Gasteiger partial charge in [-0.2, -0.15) is 0 Å². The minimum Gasteiger partial charge on any atom is -0.463 e. The second-order valence-electron chi connectivity index (χ2n) is 3.99. The molecule has 5 nitrogen and oxygen atoms in total. The molecule has 0 saturated carbocycles. The first-order valence-electron chi connectivity index (χ1n) is 5.43. The summed E-state index contributed by atoms with van der Waals surface area (Å²) < 4.78 is 9.68. The third kappa shape index (κ3) is 5.11. The van der Waals surface area contributed by atoms with Crippen LogP contribution in [0, 0.1) is 0 Å². The lowest BCUT2D eigenvalue weighted by Gasteiger charge is -2.21. The minimum absolute atomic E-state index is 0.235. The van der Waals surface area contributed by atoms with Gasteiger partial charge in [0.25, 0.3) is 0 Å². The Balaban J connectivity index is 4.45. The maximum atomic E-state index is 11.4. The number of aliphatic hydroxyl groups is 1. The maximum absolute atomic E-state index is 11.4. The summed E-state index contributed by atoms with van der Waals surface area (Å²) in [4.78, 5) is 22.8. The average Bonchev–Trinajstić information content (AvgIpc) is 2.15. The molecule has 0 radical (unpaired) electrons. The predicted octanol–water partition coefficient (Wildman–Crippen LogP) is 1.03. The summed E-state index contributed by atoms with van der Waals surface area (Å²) in [5.74, 6) is -1.39. The zero-order chi connectivity index (χ0) is 12.8. The van der Waals surface area contributed by atoms with Crippen LogP contribution in [-0.2, 0) is 19.1 Å². The van der Waals surface area contributed by atoms with Crippen LogP contribution in [-0.4, -0.2) is 35.4 Å². The molecule has 0 aliphatic carbocycles. The molecule has 5 heteroatoms. The third-order valence-electron chi connectivity index (χ3n) is 1.85. The molecule has 0 bridgehead atoms. The van der Waals surface area contributed by atoms with Crippen molar-refractivity contribution < 1.29 is 24.2 Å². The lowest BCUT2D eigenvalue weighted by Crippen LogP contribution is -2.39. The first kappa shape index (κ1) is 14.9. The van der Waals surface area contributed by atoms with Gasteiger partial charge in [0.05, 0.1) is 6.61 Å². The molecule has 0 fully saturated rings. The summed E-state index contributed by atoms with van der Waals surface area (Å²) in [6.45, 7) is 6.40. The van der Waals surface area contributed by atoms with Gasteiger partial charge in [-0.05, 0) is 27.2 Å². The van der Waals surface area contributed by atoms with Crippen molar-refractivity contribution in [3.63, 3.8) is 0 Å². The van der Waals surface area contributed by atoms with Gasteiger partial charge < -0.3 is 14.6 Å². The average molecular weight is 232 g/mol. The van der Waals surface area contributed by atoms with Crippen LogP contribution in [0.15, 0.2) is 0 Å². The molecule has 0 aromatic rings. The van der Waals surface area contributed by atoms with E-state index < -0.39 is 23.6 Å². The van der Waals surface area contributed by atoms with Crippen LogP contribution in [0.4, 0.5) is 0 Å². The van der Waals surface area contributed by atoms with Crippen molar-refractivity contribution in [1.29, 1.82) is 0 Å². The molecule has 94 valence electrons. The molecule has 1 N–H and O–H groups in total. The summed E-state index contributed by atoms with van der Waals surface area (Å²) in [7, 11) is 0. The Kier molecular flexibility index (Phi) is 6.03. The Labute approximate surface area is 95.7 Å². The predicted molar refractivity (Wildman–Crippen MR) is 57.7 cm³/mol. The monoisotopic (exact) mass is 232 g/mol. The highest BCUT2D eigenvalue weighted by molar-refractivity contribution is 5.83. The number of carbonyl (C=O) groups is 2. The summed E-state index contributed by atoms with van der Waals surface area (Å²) >= 11 is 0. The number of carbonyl (C=O) groups excluding carboxylic acids is 2. The van der Waals surface area contributed by atoms with E-state index in [4.69, 9.17) is 9.47 Å². The van der Waals surface area contributed by atoms with Crippen LogP contribution in [0.25, 0.3) is 0 Å². The van der Waals surface area contributed by atoms with Crippen molar-refractivity contribution >= 4 is 11.9 Å². The first-order valence-corrected chi connectivity index (χ1v) is 5.43. The fourth-order valence-corrected chi connectivity index (χ4v) is 0.996. The Bertz CT molecular complexity index is 241. The third-order valence-corrected chi connectivity index (χ3v) is 1.85.